The number of urea groups is 1. The fraction of sp³-hybridized carbons (Fsp3) is 0.500. The van der Waals surface area contributed by atoms with Crippen LogP contribution >= 0.6 is 7.60 Å². The quantitative estimate of drug-likeness (QED) is 0.0693. The highest BCUT2D eigenvalue weighted by molar-refractivity contribution is 7.52. The maximum Gasteiger partial charge on any atom is 0.412 e. The number of nitrogens with zero attached hydrogens (tertiary/aromatic N) is 2. The number of hydrogen-bond acceptors (Lipinski definition) is 9. The van der Waals surface area contributed by atoms with E-state index in [1.807, 2.05) is 86.6 Å². The minimum absolute atomic E-state index is 0.0333. The van der Waals surface area contributed by atoms with Crippen LogP contribution in [0.5, 0.6) is 0 Å². The summed E-state index contributed by atoms with van der Waals surface area (Å²) in [5, 5.41) is 6.01. The van der Waals surface area contributed by atoms with Gasteiger partial charge in [0.25, 0.3) is 0 Å². The molecule has 1 heterocycles. The normalized spacial score (nSPS) is 15.7. The van der Waals surface area contributed by atoms with Gasteiger partial charge in [-0.15, -0.1) is 0 Å². The molecule has 1 aliphatic rings. The standard InChI is InChI=1S/C42H59N4O8P/c1-8-34(24-40(47)51-29-52-42(49)46-22-12-15-37(46)28-54-55(7,50)53-27-33-13-10-9-11-14-33)35-18-21-39(45(25-30(2)3)26-31(4)5)38(23-35)44-41(48)43-36-19-16-32(6)17-20-36/h9-11,13-14,16-21,23,30-31,34,37H,8,12,15,22,24-29H2,1-7H3,(H2,43,44,48)/t34-,37-,55?/m0/s1. The van der Waals surface area contributed by atoms with Gasteiger partial charge in [-0.2, -0.15) is 0 Å². The molecule has 300 valence electrons. The van der Waals surface area contributed by atoms with E-state index in [1.165, 1.54) is 11.6 Å². The van der Waals surface area contributed by atoms with Crippen LogP contribution in [0.15, 0.2) is 72.8 Å². The highest BCUT2D eigenvalue weighted by Gasteiger charge is 2.32. The Bertz CT molecular complexity index is 1730. The highest BCUT2D eigenvalue weighted by Crippen LogP contribution is 2.45. The van der Waals surface area contributed by atoms with E-state index < -0.39 is 26.5 Å². The van der Waals surface area contributed by atoms with E-state index in [0.29, 0.717) is 42.6 Å². The molecule has 2 N–H and O–H groups in total. The first-order valence-corrected chi connectivity index (χ1v) is 21.2. The zero-order valence-corrected chi connectivity index (χ0v) is 34.3. The monoisotopic (exact) mass is 778 g/mol. The second-order valence-electron chi connectivity index (χ2n) is 15.1. The first-order valence-electron chi connectivity index (χ1n) is 19.3. The molecule has 12 nitrogen and oxygen atoms in total. The van der Waals surface area contributed by atoms with Gasteiger partial charge in [-0.05, 0) is 79.3 Å². The van der Waals surface area contributed by atoms with Crippen molar-refractivity contribution in [3.05, 3.63) is 89.5 Å². The highest BCUT2D eigenvalue weighted by atomic mass is 31.2. The topological polar surface area (TPSA) is 136 Å². The van der Waals surface area contributed by atoms with Crippen LogP contribution < -0.4 is 15.5 Å². The maximum absolute atomic E-state index is 13.3. The Balaban J connectivity index is 1.35. The molecule has 1 saturated heterocycles. The van der Waals surface area contributed by atoms with Gasteiger partial charge in [-0.3, -0.25) is 9.36 Å². The van der Waals surface area contributed by atoms with Crippen LogP contribution in [0.4, 0.5) is 26.7 Å². The Morgan fingerprint density at radius 3 is 2.25 bits per heavy atom. The number of esters is 1. The average molecular weight is 779 g/mol. The van der Waals surface area contributed by atoms with E-state index in [4.69, 9.17) is 18.5 Å². The predicted octanol–water partition coefficient (Wildman–Crippen LogP) is 9.80. The summed E-state index contributed by atoms with van der Waals surface area (Å²) in [6.07, 6.45) is 1.44. The van der Waals surface area contributed by atoms with Gasteiger partial charge >= 0.3 is 25.7 Å². The van der Waals surface area contributed by atoms with Crippen LogP contribution in [0.3, 0.4) is 0 Å². The van der Waals surface area contributed by atoms with Crippen LogP contribution in [-0.2, 0) is 34.5 Å². The molecule has 3 aromatic rings. The molecule has 0 bridgehead atoms. The lowest BCUT2D eigenvalue weighted by atomic mass is 9.92. The number of carbonyl (C=O) groups excluding carboxylic acids is 3. The molecule has 0 aliphatic carbocycles. The van der Waals surface area contributed by atoms with Gasteiger partial charge in [0.15, 0.2) is 0 Å². The van der Waals surface area contributed by atoms with Gasteiger partial charge < -0.3 is 39.0 Å². The Hall–Kier alpha value is -4.38. The molecule has 13 heteroatoms. The van der Waals surface area contributed by atoms with Gasteiger partial charge in [0.1, 0.15) is 0 Å². The summed E-state index contributed by atoms with van der Waals surface area (Å²) in [7, 11) is -3.36. The summed E-state index contributed by atoms with van der Waals surface area (Å²) in [5.41, 5.74) is 5.08. The SMILES string of the molecule is CC[C@@H](CC(=O)OCOC(=O)N1CCC[C@H]1COP(C)(=O)OCc1ccccc1)c1ccc(N(CC(C)C)CC(C)C)c(NC(=O)Nc2ccc(C)cc2)c1. The number of anilines is 3. The fourth-order valence-electron chi connectivity index (χ4n) is 6.52. The van der Waals surface area contributed by atoms with Crippen molar-refractivity contribution in [1.82, 2.24) is 4.90 Å². The van der Waals surface area contributed by atoms with Crippen LogP contribution in [0, 0.1) is 18.8 Å². The zero-order chi connectivity index (χ0) is 40.0. The second kappa shape index (κ2) is 21.1. The molecular weight excluding hydrogens is 719 g/mol. The molecule has 0 aromatic heterocycles. The van der Waals surface area contributed by atoms with Gasteiger partial charge in [0.2, 0.25) is 6.79 Å². The van der Waals surface area contributed by atoms with E-state index in [-0.39, 0.29) is 37.6 Å². The molecule has 0 saturated carbocycles. The number of benzene rings is 3. The third-order valence-electron chi connectivity index (χ3n) is 9.29. The van der Waals surface area contributed by atoms with Crippen molar-refractivity contribution in [2.75, 3.05) is 55.2 Å². The van der Waals surface area contributed by atoms with E-state index in [2.05, 4.69) is 43.2 Å². The summed E-state index contributed by atoms with van der Waals surface area (Å²) in [6.45, 7) is 15.8. The lowest BCUT2D eigenvalue weighted by molar-refractivity contribution is -0.153. The molecule has 0 spiro atoms. The molecule has 1 aliphatic heterocycles. The molecule has 3 aromatic carbocycles. The summed E-state index contributed by atoms with van der Waals surface area (Å²) < 4.78 is 34.8. The number of ether oxygens (including phenoxy) is 2. The lowest BCUT2D eigenvalue weighted by Crippen LogP contribution is -2.39. The number of amides is 3. The summed E-state index contributed by atoms with van der Waals surface area (Å²) >= 11 is 0. The smallest absolute Gasteiger partial charge is 0.412 e. The van der Waals surface area contributed by atoms with Crippen molar-refractivity contribution in [2.24, 2.45) is 11.8 Å². The number of aryl methyl sites for hydroxylation is 1. The largest absolute Gasteiger partial charge is 0.428 e. The van der Waals surface area contributed by atoms with Crippen molar-refractivity contribution >= 4 is 42.8 Å². The van der Waals surface area contributed by atoms with Gasteiger partial charge in [-0.1, -0.05) is 88.7 Å². The number of rotatable bonds is 19. The van der Waals surface area contributed by atoms with E-state index in [1.54, 1.807) is 0 Å². The minimum Gasteiger partial charge on any atom is -0.428 e. The van der Waals surface area contributed by atoms with E-state index in [9.17, 15) is 18.9 Å². The Kier molecular flexibility index (Phi) is 16.6. The molecule has 1 unspecified atom stereocenters. The Labute approximate surface area is 326 Å². The molecule has 3 atom stereocenters. The fourth-order valence-corrected chi connectivity index (χ4v) is 7.42. The average Bonchev–Trinajstić information content (AvgIpc) is 3.62. The minimum atomic E-state index is -3.36. The Morgan fingerprint density at radius 1 is 0.909 bits per heavy atom. The van der Waals surface area contributed by atoms with Gasteiger partial charge in [0, 0.05) is 32.0 Å². The molecule has 4 rings (SSSR count). The number of hydrogen-bond donors (Lipinski definition) is 2. The van der Waals surface area contributed by atoms with Crippen molar-refractivity contribution in [2.45, 2.75) is 85.8 Å². The van der Waals surface area contributed by atoms with Crippen molar-refractivity contribution < 1.29 is 37.5 Å². The van der Waals surface area contributed by atoms with Crippen molar-refractivity contribution in [1.29, 1.82) is 0 Å². The first kappa shape index (κ1) is 43.3. The zero-order valence-electron chi connectivity index (χ0n) is 33.4. The molecule has 3 amide bonds. The van der Waals surface area contributed by atoms with E-state index >= 15 is 0 Å². The molecule has 55 heavy (non-hydrogen) atoms. The summed E-state index contributed by atoms with van der Waals surface area (Å²) in [5.74, 6) is 0.0599. The maximum atomic E-state index is 13.3. The van der Waals surface area contributed by atoms with E-state index in [0.717, 1.165) is 41.9 Å². The lowest BCUT2D eigenvalue weighted by Gasteiger charge is -2.31. The van der Waals surface area contributed by atoms with Crippen LogP contribution in [0.2, 0.25) is 0 Å². The molecular formula is C42H59N4O8P. The summed E-state index contributed by atoms with van der Waals surface area (Å²) in [6, 6.07) is 22.2. The predicted molar refractivity (Wildman–Crippen MR) is 218 cm³/mol. The van der Waals surface area contributed by atoms with Gasteiger partial charge in [-0.25, -0.2) is 9.59 Å². The number of likely N-dealkylation sites (tertiary alicyclic amines) is 1. The number of nitrogens with one attached hydrogen (secondary N) is 2. The third-order valence-corrected chi connectivity index (χ3v) is 10.5. The second-order valence-corrected chi connectivity index (χ2v) is 17.1. The van der Waals surface area contributed by atoms with Crippen LogP contribution in [0.25, 0.3) is 0 Å². The Morgan fingerprint density at radius 2 is 1.60 bits per heavy atom. The first-order chi connectivity index (χ1) is 26.2. The molecule has 1 fully saturated rings. The number of carbonyl (C=O) groups is 3. The van der Waals surface area contributed by atoms with Crippen molar-refractivity contribution in [3.8, 4) is 0 Å². The van der Waals surface area contributed by atoms with Crippen LogP contribution in [-0.4, -0.2) is 68.7 Å². The van der Waals surface area contributed by atoms with Gasteiger partial charge in [0.05, 0.1) is 37.1 Å². The third kappa shape index (κ3) is 14.3. The molecule has 0 radical (unpaired) electrons. The summed E-state index contributed by atoms with van der Waals surface area (Å²) in [4.78, 5) is 43.1. The van der Waals surface area contributed by atoms with Crippen LogP contribution in [0.1, 0.15) is 82.9 Å². The van der Waals surface area contributed by atoms with Crippen molar-refractivity contribution in [3.63, 3.8) is 0 Å².